The van der Waals surface area contributed by atoms with Crippen molar-refractivity contribution in [2.45, 2.75) is 63.4 Å². The summed E-state index contributed by atoms with van der Waals surface area (Å²) in [5.74, 6) is 0. The van der Waals surface area contributed by atoms with Gasteiger partial charge in [0.25, 0.3) is 0 Å². The minimum absolute atomic E-state index is 0.0208. The highest BCUT2D eigenvalue weighted by Gasteiger charge is 2.39. The van der Waals surface area contributed by atoms with Crippen molar-refractivity contribution in [1.29, 1.82) is 0 Å². The van der Waals surface area contributed by atoms with Crippen LogP contribution in [0.4, 0.5) is 0 Å². The summed E-state index contributed by atoms with van der Waals surface area (Å²) < 4.78 is 10.6. The van der Waals surface area contributed by atoms with Gasteiger partial charge in [-0.05, 0) is 18.9 Å². The van der Waals surface area contributed by atoms with Crippen molar-refractivity contribution in [1.82, 2.24) is 0 Å². The molecule has 3 N–H and O–H groups in total. The summed E-state index contributed by atoms with van der Waals surface area (Å²) in [6.45, 7) is 1.95. The molecule has 1 aliphatic heterocycles. The predicted molar refractivity (Wildman–Crippen MR) is 71.6 cm³/mol. The smallest absolute Gasteiger partial charge is 0.154 e. The van der Waals surface area contributed by atoms with E-state index in [0.29, 0.717) is 0 Å². The van der Waals surface area contributed by atoms with Crippen LogP contribution in [0.2, 0.25) is 0 Å². The fraction of sp³-hybridized carbons (Fsp3) is 0.857. The molecular formula is C14H26O5. The summed E-state index contributed by atoms with van der Waals surface area (Å²) in [7, 11) is 0. The first-order chi connectivity index (χ1) is 9.20. The molecule has 1 rings (SSSR count). The van der Waals surface area contributed by atoms with Gasteiger partial charge in [0, 0.05) is 0 Å². The number of aliphatic hydroxyl groups excluding tert-OH is 3. The summed E-state index contributed by atoms with van der Waals surface area (Å²) in [5, 5.41) is 28.5. The lowest BCUT2D eigenvalue weighted by Crippen LogP contribution is -2.54. The van der Waals surface area contributed by atoms with E-state index in [1.165, 1.54) is 25.5 Å². The van der Waals surface area contributed by atoms with Gasteiger partial charge < -0.3 is 24.8 Å². The van der Waals surface area contributed by atoms with E-state index in [1.54, 1.807) is 0 Å². The van der Waals surface area contributed by atoms with Crippen LogP contribution in [0.1, 0.15) is 39.0 Å². The molecule has 0 bridgehead atoms. The van der Waals surface area contributed by atoms with Crippen LogP contribution in [0, 0.1) is 0 Å². The monoisotopic (exact) mass is 274 g/mol. The van der Waals surface area contributed by atoms with Crippen LogP contribution in [0.15, 0.2) is 12.3 Å². The first-order valence-corrected chi connectivity index (χ1v) is 7.09. The molecule has 0 amide bonds. The Hall–Kier alpha value is -0.620. The van der Waals surface area contributed by atoms with Crippen LogP contribution in [-0.4, -0.2) is 52.9 Å². The average Bonchev–Trinajstić information content (AvgIpc) is 2.42. The molecule has 4 atom stereocenters. The number of hydrogen-bond donors (Lipinski definition) is 3. The topological polar surface area (TPSA) is 79.2 Å². The molecule has 1 fully saturated rings. The van der Waals surface area contributed by atoms with E-state index in [2.05, 4.69) is 6.92 Å². The van der Waals surface area contributed by atoms with Crippen LogP contribution in [0.25, 0.3) is 0 Å². The SMILES string of the molecule is CCCCCC/C=C/O[C@H]1[C@H](O)[C@@H](O)CO[C@@H]1CO. The zero-order valence-electron chi connectivity index (χ0n) is 11.6. The minimum atomic E-state index is -1.03. The molecule has 0 unspecified atom stereocenters. The maximum atomic E-state index is 9.81. The molecular weight excluding hydrogens is 248 g/mol. The Morgan fingerprint density at radius 3 is 2.74 bits per heavy atom. The maximum Gasteiger partial charge on any atom is 0.154 e. The fourth-order valence-electron chi connectivity index (χ4n) is 2.08. The predicted octanol–water partition coefficient (Wildman–Crippen LogP) is 0.969. The van der Waals surface area contributed by atoms with Crippen LogP contribution < -0.4 is 0 Å². The number of aliphatic hydroxyl groups is 3. The highest BCUT2D eigenvalue weighted by atomic mass is 16.6. The molecule has 0 spiro atoms. The number of hydrogen-bond acceptors (Lipinski definition) is 5. The molecule has 19 heavy (non-hydrogen) atoms. The second-order valence-electron chi connectivity index (χ2n) is 4.93. The molecule has 0 saturated carbocycles. The Kier molecular flexibility index (Phi) is 8.05. The molecule has 0 radical (unpaired) electrons. The van der Waals surface area contributed by atoms with E-state index in [1.807, 2.05) is 6.08 Å². The Labute approximate surface area is 114 Å². The van der Waals surface area contributed by atoms with Gasteiger partial charge in [0.05, 0.1) is 19.5 Å². The van der Waals surface area contributed by atoms with E-state index < -0.39 is 24.4 Å². The minimum Gasteiger partial charge on any atom is -0.493 e. The molecule has 0 aromatic rings. The van der Waals surface area contributed by atoms with Crippen molar-refractivity contribution in [3.8, 4) is 0 Å². The van der Waals surface area contributed by atoms with Gasteiger partial charge in [0.1, 0.15) is 18.3 Å². The number of allylic oxidation sites excluding steroid dienone is 1. The molecule has 0 aromatic heterocycles. The summed E-state index contributed by atoms with van der Waals surface area (Å²) in [5.41, 5.74) is 0. The summed E-state index contributed by atoms with van der Waals surface area (Å²) in [6.07, 6.45) is 5.81. The van der Waals surface area contributed by atoms with E-state index in [4.69, 9.17) is 14.6 Å². The van der Waals surface area contributed by atoms with Crippen LogP contribution in [0.3, 0.4) is 0 Å². The lowest BCUT2D eigenvalue weighted by molar-refractivity contribution is -0.197. The largest absolute Gasteiger partial charge is 0.493 e. The lowest BCUT2D eigenvalue weighted by atomic mass is 10.0. The van der Waals surface area contributed by atoms with Crippen LogP contribution in [0.5, 0.6) is 0 Å². The molecule has 5 nitrogen and oxygen atoms in total. The normalized spacial score (nSPS) is 31.8. The standard InChI is InChI=1S/C14H26O5/c1-2-3-4-5-6-7-8-18-14-12(9-15)19-10-11(16)13(14)17/h7-8,11-17H,2-6,9-10H2,1H3/b8-7+/t11-,12+,13+,14+/m0/s1. The van der Waals surface area contributed by atoms with Gasteiger partial charge in [0.2, 0.25) is 0 Å². The van der Waals surface area contributed by atoms with Crippen molar-refractivity contribution in [3.05, 3.63) is 12.3 Å². The third-order valence-electron chi connectivity index (χ3n) is 3.31. The first-order valence-electron chi connectivity index (χ1n) is 7.09. The van der Waals surface area contributed by atoms with E-state index >= 15 is 0 Å². The maximum absolute atomic E-state index is 9.81. The van der Waals surface area contributed by atoms with Gasteiger partial charge in [-0.15, -0.1) is 0 Å². The van der Waals surface area contributed by atoms with Crippen LogP contribution >= 0.6 is 0 Å². The highest BCUT2D eigenvalue weighted by molar-refractivity contribution is 4.89. The van der Waals surface area contributed by atoms with Gasteiger partial charge in [-0.2, -0.15) is 0 Å². The second kappa shape index (κ2) is 9.31. The van der Waals surface area contributed by atoms with Crippen molar-refractivity contribution >= 4 is 0 Å². The van der Waals surface area contributed by atoms with Crippen molar-refractivity contribution in [2.24, 2.45) is 0 Å². The third kappa shape index (κ3) is 5.48. The quantitative estimate of drug-likeness (QED) is 0.454. The summed E-state index contributed by atoms with van der Waals surface area (Å²) >= 11 is 0. The zero-order valence-corrected chi connectivity index (χ0v) is 11.6. The van der Waals surface area contributed by atoms with E-state index in [9.17, 15) is 10.2 Å². The Morgan fingerprint density at radius 2 is 2.05 bits per heavy atom. The van der Waals surface area contributed by atoms with Crippen molar-refractivity contribution in [2.75, 3.05) is 13.2 Å². The molecule has 0 aliphatic carbocycles. The van der Waals surface area contributed by atoms with Gasteiger partial charge >= 0.3 is 0 Å². The Balaban J connectivity index is 2.29. The van der Waals surface area contributed by atoms with Crippen LogP contribution in [-0.2, 0) is 9.47 Å². The summed E-state index contributed by atoms with van der Waals surface area (Å²) in [6, 6.07) is 0. The molecule has 1 heterocycles. The molecule has 0 aromatic carbocycles. The average molecular weight is 274 g/mol. The molecule has 1 aliphatic rings. The number of rotatable bonds is 8. The molecule has 5 heteroatoms. The third-order valence-corrected chi connectivity index (χ3v) is 3.31. The van der Waals surface area contributed by atoms with Gasteiger partial charge in [-0.25, -0.2) is 0 Å². The zero-order chi connectivity index (χ0) is 14.1. The molecule has 1 saturated heterocycles. The van der Waals surface area contributed by atoms with E-state index in [-0.39, 0.29) is 13.2 Å². The highest BCUT2D eigenvalue weighted by Crippen LogP contribution is 2.19. The fourth-order valence-corrected chi connectivity index (χ4v) is 2.08. The lowest BCUT2D eigenvalue weighted by Gasteiger charge is -2.36. The second-order valence-corrected chi connectivity index (χ2v) is 4.93. The summed E-state index contributed by atoms with van der Waals surface area (Å²) in [4.78, 5) is 0. The molecule has 112 valence electrons. The van der Waals surface area contributed by atoms with Crippen molar-refractivity contribution in [3.63, 3.8) is 0 Å². The Morgan fingerprint density at radius 1 is 1.26 bits per heavy atom. The van der Waals surface area contributed by atoms with Gasteiger partial charge in [-0.1, -0.05) is 26.2 Å². The van der Waals surface area contributed by atoms with Gasteiger partial charge in [0.15, 0.2) is 6.10 Å². The number of ether oxygens (including phenoxy) is 2. The van der Waals surface area contributed by atoms with E-state index in [0.717, 1.165) is 12.8 Å². The first kappa shape index (κ1) is 16.4. The number of unbranched alkanes of at least 4 members (excludes halogenated alkanes) is 4. The van der Waals surface area contributed by atoms with Gasteiger partial charge in [-0.3, -0.25) is 0 Å². The Bertz CT molecular complexity index is 254. The van der Waals surface area contributed by atoms with Crippen molar-refractivity contribution < 1.29 is 24.8 Å².